The Balaban J connectivity index is 2.30. The molecule has 0 heterocycles. The van der Waals surface area contributed by atoms with Crippen LogP contribution in [0.25, 0.3) is 0 Å². The normalized spacial score (nSPS) is 29.4. The van der Waals surface area contributed by atoms with Gasteiger partial charge in [0.1, 0.15) is 18.0 Å². The smallest absolute Gasteiger partial charge is 0.196 e. The molecule has 2 aliphatic carbocycles. The first-order chi connectivity index (χ1) is 11.1. The summed E-state index contributed by atoms with van der Waals surface area (Å²) >= 11 is 0. The molecule has 2 aliphatic rings. The lowest BCUT2D eigenvalue weighted by Gasteiger charge is -2.40. The number of rotatable bonds is 1. The van der Waals surface area contributed by atoms with Gasteiger partial charge in [0.05, 0.1) is 23.8 Å². The number of phenols is 2. The molecule has 0 amide bonds. The van der Waals surface area contributed by atoms with Crippen molar-refractivity contribution in [3.05, 3.63) is 28.3 Å². The van der Waals surface area contributed by atoms with Crippen LogP contribution in [0.1, 0.15) is 34.1 Å². The van der Waals surface area contributed by atoms with Gasteiger partial charge in [-0.2, -0.15) is 0 Å². The molecule has 3 rings (SSSR count). The van der Waals surface area contributed by atoms with Crippen LogP contribution in [0.4, 0.5) is 0 Å². The van der Waals surface area contributed by atoms with Crippen molar-refractivity contribution in [1.82, 2.24) is 0 Å². The van der Waals surface area contributed by atoms with Gasteiger partial charge >= 0.3 is 0 Å². The van der Waals surface area contributed by atoms with Crippen molar-refractivity contribution >= 4 is 11.6 Å². The third-order valence-electron chi connectivity index (χ3n) is 4.53. The number of aromatic hydroxyl groups is 2. The Labute approximate surface area is 136 Å². The van der Waals surface area contributed by atoms with E-state index in [0.29, 0.717) is 0 Å². The quantitative estimate of drug-likeness (QED) is 0.438. The van der Waals surface area contributed by atoms with E-state index < -0.39 is 52.0 Å². The lowest BCUT2D eigenvalue weighted by atomic mass is 9.69. The van der Waals surface area contributed by atoms with Gasteiger partial charge in [-0.15, -0.1) is 0 Å². The third-order valence-corrected chi connectivity index (χ3v) is 4.53. The minimum absolute atomic E-state index is 0.195. The van der Waals surface area contributed by atoms with Crippen LogP contribution < -0.4 is 4.74 Å². The van der Waals surface area contributed by atoms with Crippen LogP contribution in [0.15, 0.2) is 17.2 Å². The predicted molar refractivity (Wildman–Crippen MR) is 79.3 cm³/mol. The number of aliphatic hydroxyl groups excluding tert-OH is 2. The molecule has 0 aliphatic heterocycles. The van der Waals surface area contributed by atoms with Gasteiger partial charge in [-0.3, -0.25) is 9.59 Å². The Kier molecular flexibility index (Phi) is 3.45. The van der Waals surface area contributed by atoms with E-state index in [4.69, 9.17) is 4.74 Å². The highest BCUT2D eigenvalue weighted by Crippen LogP contribution is 2.47. The first kappa shape index (κ1) is 16.4. The largest absolute Gasteiger partial charge is 0.507 e. The van der Waals surface area contributed by atoms with Crippen LogP contribution in [-0.2, 0) is 0 Å². The minimum atomic E-state index is -1.83. The number of carbonyl (C=O) groups is 2. The van der Waals surface area contributed by atoms with E-state index in [2.05, 4.69) is 0 Å². The summed E-state index contributed by atoms with van der Waals surface area (Å²) in [5.41, 5.74) is -3.34. The summed E-state index contributed by atoms with van der Waals surface area (Å²) in [4.78, 5) is 25.4. The Morgan fingerprint density at radius 1 is 1.17 bits per heavy atom. The lowest BCUT2D eigenvalue weighted by Crippen LogP contribution is -2.54. The Hall–Kier alpha value is -2.42. The average Bonchev–Trinajstić information content (AvgIpc) is 2.51. The number of ether oxygens (including phenoxy) is 1. The highest BCUT2D eigenvalue weighted by molar-refractivity contribution is 6.29. The van der Waals surface area contributed by atoms with Crippen molar-refractivity contribution in [2.75, 3.05) is 7.11 Å². The molecule has 0 fully saturated rings. The zero-order chi connectivity index (χ0) is 18.0. The summed E-state index contributed by atoms with van der Waals surface area (Å²) in [6, 6.07) is 0.979. The van der Waals surface area contributed by atoms with Crippen LogP contribution in [0.3, 0.4) is 0 Å². The number of hydrogen-bond acceptors (Lipinski definition) is 8. The number of fused-ring (bicyclic) bond motifs is 1. The van der Waals surface area contributed by atoms with Crippen molar-refractivity contribution in [1.29, 1.82) is 0 Å². The fraction of sp³-hybridized carbons (Fsp3) is 0.375. The second-order valence-corrected chi connectivity index (χ2v) is 6.17. The highest BCUT2D eigenvalue weighted by atomic mass is 16.5. The van der Waals surface area contributed by atoms with Crippen LogP contribution in [0.5, 0.6) is 17.2 Å². The van der Waals surface area contributed by atoms with Crippen molar-refractivity contribution < 1.29 is 39.9 Å². The van der Waals surface area contributed by atoms with E-state index in [1.54, 1.807) is 0 Å². The lowest BCUT2D eigenvalue weighted by molar-refractivity contribution is -0.111. The van der Waals surface area contributed by atoms with Gasteiger partial charge in [0.2, 0.25) is 0 Å². The van der Waals surface area contributed by atoms with Gasteiger partial charge in [-0.05, 0) is 6.92 Å². The van der Waals surface area contributed by atoms with Crippen LogP contribution >= 0.6 is 0 Å². The first-order valence-electron chi connectivity index (χ1n) is 7.15. The van der Waals surface area contributed by atoms with E-state index in [0.717, 1.165) is 6.07 Å². The van der Waals surface area contributed by atoms with Gasteiger partial charge in [0, 0.05) is 23.6 Å². The summed E-state index contributed by atoms with van der Waals surface area (Å²) in [6.07, 6.45) is -3.86. The molecule has 0 saturated carbocycles. The topological polar surface area (TPSA) is 145 Å². The van der Waals surface area contributed by atoms with Crippen LogP contribution in [0.2, 0.25) is 0 Å². The maximum absolute atomic E-state index is 12.7. The fourth-order valence-corrected chi connectivity index (χ4v) is 3.23. The molecule has 0 bridgehead atoms. The SMILES string of the molecule is COc1cc(O)c2c(c1O)C(=O)C1=C(C2=O)[C@H](O)[C@@H](O)[C@@](C)(O)C1. The van der Waals surface area contributed by atoms with Gasteiger partial charge < -0.3 is 30.3 Å². The Bertz CT molecular complexity index is 805. The molecule has 0 saturated heterocycles. The van der Waals surface area contributed by atoms with Gasteiger partial charge in [-0.25, -0.2) is 0 Å². The van der Waals surface area contributed by atoms with Crippen molar-refractivity contribution in [2.24, 2.45) is 0 Å². The molecule has 3 atom stereocenters. The van der Waals surface area contributed by atoms with Crippen LogP contribution in [-0.4, -0.2) is 62.0 Å². The molecule has 128 valence electrons. The second kappa shape index (κ2) is 5.04. The molecule has 0 unspecified atom stereocenters. The average molecular weight is 336 g/mol. The van der Waals surface area contributed by atoms with Gasteiger partial charge in [0.15, 0.2) is 23.1 Å². The first-order valence-corrected chi connectivity index (χ1v) is 7.15. The Morgan fingerprint density at radius 2 is 1.79 bits per heavy atom. The standard InChI is InChI=1S/C16H16O8/c1-16(23)4-5-8(14(21)15(16)22)13(20)9-6(17)3-7(24-2)12(19)10(9)11(5)18/h3,14-15,17,19,21-23H,4H2,1-2H3/t14-,15+,16-/m0/s1. The summed E-state index contributed by atoms with van der Waals surface area (Å²) in [5.74, 6) is -3.12. The summed E-state index contributed by atoms with van der Waals surface area (Å²) in [6.45, 7) is 1.22. The van der Waals surface area contributed by atoms with E-state index in [9.17, 15) is 35.1 Å². The molecule has 24 heavy (non-hydrogen) atoms. The highest BCUT2D eigenvalue weighted by Gasteiger charge is 2.51. The van der Waals surface area contributed by atoms with Crippen LogP contribution in [0, 0.1) is 0 Å². The second-order valence-electron chi connectivity index (χ2n) is 6.17. The van der Waals surface area contributed by atoms with Gasteiger partial charge in [0.25, 0.3) is 0 Å². The maximum atomic E-state index is 12.7. The number of ketones is 2. The molecule has 8 nitrogen and oxygen atoms in total. The van der Waals surface area contributed by atoms with E-state index in [1.807, 2.05) is 0 Å². The maximum Gasteiger partial charge on any atom is 0.196 e. The third kappa shape index (κ3) is 1.97. The molecular formula is C16H16O8. The zero-order valence-electron chi connectivity index (χ0n) is 12.9. The van der Waals surface area contributed by atoms with Crippen molar-refractivity contribution in [3.63, 3.8) is 0 Å². The number of benzene rings is 1. The van der Waals surface area contributed by atoms with Gasteiger partial charge in [-0.1, -0.05) is 0 Å². The monoisotopic (exact) mass is 336 g/mol. The number of carbonyl (C=O) groups excluding carboxylic acids is 2. The number of phenolic OH excluding ortho intramolecular Hbond substituents is 2. The zero-order valence-corrected chi connectivity index (χ0v) is 12.9. The number of aliphatic hydroxyl groups is 3. The molecular weight excluding hydrogens is 320 g/mol. The molecule has 8 heteroatoms. The minimum Gasteiger partial charge on any atom is -0.507 e. The van der Waals surface area contributed by atoms with E-state index in [-0.39, 0.29) is 23.3 Å². The number of hydrogen-bond donors (Lipinski definition) is 5. The molecule has 1 aromatic rings. The Morgan fingerprint density at radius 3 is 2.38 bits per heavy atom. The van der Waals surface area contributed by atoms with Crippen molar-refractivity contribution in [3.8, 4) is 17.2 Å². The summed E-state index contributed by atoms with van der Waals surface area (Å²) in [5, 5.41) is 50.6. The van der Waals surface area contributed by atoms with E-state index >= 15 is 0 Å². The summed E-state index contributed by atoms with van der Waals surface area (Å²) in [7, 11) is 1.21. The number of methoxy groups -OCH3 is 1. The fourth-order valence-electron chi connectivity index (χ4n) is 3.23. The predicted octanol–water partition coefficient (Wildman–Crippen LogP) is -0.342. The molecule has 0 aromatic heterocycles. The molecule has 0 radical (unpaired) electrons. The molecule has 0 spiro atoms. The van der Waals surface area contributed by atoms with Crippen molar-refractivity contribution in [2.45, 2.75) is 31.2 Å². The van der Waals surface area contributed by atoms with E-state index in [1.165, 1.54) is 14.0 Å². The summed E-state index contributed by atoms with van der Waals surface area (Å²) < 4.78 is 4.86. The molecule has 1 aromatic carbocycles. The molecule has 5 N–H and O–H groups in total. The number of Topliss-reactive ketones (excluding diaryl/α,β-unsaturated/α-hetero) is 2.